The Bertz CT molecular complexity index is 2600. The van der Waals surface area contributed by atoms with Crippen LogP contribution in [0.25, 0.3) is 90.9 Å². The van der Waals surface area contributed by atoms with Gasteiger partial charge >= 0.3 is 0 Å². The maximum atomic E-state index is 5.71. The van der Waals surface area contributed by atoms with Crippen molar-refractivity contribution >= 4 is 46.4 Å². The number of aromatic amines is 2. The fraction of sp³-hybridized carbons (Fsp3) is 0.0638. The molecule has 3 aromatic heterocycles. The molecule has 0 unspecified atom stereocenters. The molecule has 0 saturated carbocycles. The van der Waals surface area contributed by atoms with Gasteiger partial charge in [0.05, 0.1) is 29.4 Å². The number of hydrogen-bond acceptors (Lipinski definition) is 3. The molecule has 0 amide bonds. The van der Waals surface area contributed by atoms with E-state index in [0.717, 1.165) is 94.9 Å². The van der Waals surface area contributed by atoms with E-state index >= 15 is 0 Å². The van der Waals surface area contributed by atoms with Crippen molar-refractivity contribution in [2.24, 2.45) is 0 Å². The summed E-state index contributed by atoms with van der Waals surface area (Å²) in [5.41, 5.74) is 17.1. The van der Waals surface area contributed by atoms with E-state index in [4.69, 9.17) is 14.7 Å². The molecule has 0 spiro atoms. The van der Waals surface area contributed by atoms with Crippen molar-refractivity contribution in [3.05, 3.63) is 168 Å². The normalized spacial score (nSPS) is 12.0. The number of benzene rings is 4. The summed E-state index contributed by atoms with van der Waals surface area (Å²) in [4.78, 5) is 18.4. The maximum absolute atomic E-state index is 5.71. The van der Waals surface area contributed by atoms with Crippen molar-refractivity contribution in [3.8, 4) is 44.5 Å². The van der Waals surface area contributed by atoms with Gasteiger partial charge in [-0.1, -0.05) is 115 Å². The van der Waals surface area contributed by atoms with Gasteiger partial charge < -0.3 is 14.7 Å². The van der Waals surface area contributed by atoms with Crippen molar-refractivity contribution in [1.29, 1.82) is 0 Å². The lowest BCUT2D eigenvalue weighted by molar-refractivity contribution is 0.134. The van der Waals surface area contributed by atoms with Crippen LogP contribution in [0.2, 0.25) is 0 Å². The Balaban J connectivity index is 1.43. The van der Waals surface area contributed by atoms with Gasteiger partial charge in [-0.3, -0.25) is 0 Å². The Kier molecular flexibility index (Phi) is 8.24. The number of ether oxygens (including phenoxy) is 1. The van der Waals surface area contributed by atoms with Crippen molar-refractivity contribution in [3.63, 3.8) is 0 Å². The second-order valence-electron chi connectivity index (χ2n) is 12.9. The van der Waals surface area contributed by atoms with Crippen LogP contribution in [-0.4, -0.2) is 26.5 Å². The van der Waals surface area contributed by atoms with Crippen molar-refractivity contribution in [2.75, 3.05) is 6.61 Å². The summed E-state index contributed by atoms with van der Waals surface area (Å²) in [6, 6.07) is 48.8. The number of nitrogens with one attached hydrogen (secondary N) is 2. The SMILES string of the molecule is CCOCc1ccc(-c2c3nc(c(-c4ccccc4)c4ccc([nH]4)c(-c4ccccc4)c4nc(c(-c5ccccc5)c5ccc2[nH]5)C=C4)C=C3)cc1. The highest BCUT2D eigenvalue weighted by molar-refractivity contribution is 5.99. The number of fused-ring (bicyclic) bond motifs is 8. The molecule has 250 valence electrons. The average Bonchev–Trinajstić information content (AvgIpc) is 4.04. The van der Waals surface area contributed by atoms with Crippen LogP contribution in [0, 0.1) is 0 Å². The standard InChI is InChI=1S/C47H36N4O/c1-2-52-30-31-18-20-35(21-19-31)47-42-28-26-40(50-42)45(33-14-8-4-9-15-33)38-24-22-36(48-38)44(32-12-6-3-7-13-32)37-23-25-39(49-37)46(34-16-10-5-11-17-34)41-27-29-43(47)51-41/h3-29,48,51H,2,30H2,1H3. The molecule has 0 fully saturated rings. The molecule has 2 aliphatic heterocycles. The lowest BCUT2D eigenvalue weighted by Crippen LogP contribution is -1.92. The Morgan fingerprint density at radius 3 is 1.06 bits per heavy atom. The summed E-state index contributed by atoms with van der Waals surface area (Å²) in [5, 5.41) is 0. The zero-order chi connectivity index (χ0) is 34.9. The van der Waals surface area contributed by atoms with Crippen molar-refractivity contribution in [2.45, 2.75) is 13.5 Å². The predicted molar refractivity (Wildman–Crippen MR) is 216 cm³/mol. The molecule has 9 rings (SSSR count). The van der Waals surface area contributed by atoms with Crippen molar-refractivity contribution in [1.82, 2.24) is 19.9 Å². The highest BCUT2D eigenvalue weighted by Gasteiger charge is 2.18. The summed E-state index contributed by atoms with van der Waals surface area (Å²) in [7, 11) is 0. The van der Waals surface area contributed by atoms with Gasteiger partial charge in [0, 0.05) is 50.9 Å². The molecule has 5 heteroatoms. The van der Waals surface area contributed by atoms with E-state index in [-0.39, 0.29) is 0 Å². The van der Waals surface area contributed by atoms with Crippen LogP contribution in [0.15, 0.2) is 140 Å². The third kappa shape index (κ3) is 5.87. The van der Waals surface area contributed by atoms with E-state index in [1.54, 1.807) is 0 Å². The largest absolute Gasteiger partial charge is 0.377 e. The molecule has 0 radical (unpaired) electrons. The van der Waals surface area contributed by atoms with Gasteiger partial charge in [-0.15, -0.1) is 0 Å². The van der Waals surface area contributed by atoms with E-state index < -0.39 is 0 Å². The van der Waals surface area contributed by atoms with E-state index in [0.29, 0.717) is 13.2 Å². The molecule has 52 heavy (non-hydrogen) atoms. The molecule has 0 atom stereocenters. The molecule has 5 nitrogen and oxygen atoms in total. The minimum atomic E-state index is 0.582. The molecule has 4 aromatic carbocycles. The number of hydrogen-bond donors (Lipinski definition) is 2. The highest BCUT2D eigenvalue weighted by atomic mass is 16.5. The molecule has 2 N–H and O–H groups in total. The average molecular weight is 673 g/mol. The van der Waals surface area contributed by atoms with E-state index in [9.17, 15) is 0 Å². The summed E-state index contributed by atoms with van der Waals surface area (Å²) in [6.07, 6.45) is 8.55. The van der Waals surface area contributed by atoms with Gasteiger partial charge in [-0.25, -0.2) is 9.97 Å². The molecular formula is C47H36N4O. The number of aromatic nitrogens is 4. The lowest BCUT2D eigenvalue weighted by atomic mass is 10.0. The third-order valence-electron chi connectivity index (χ3n) is 9.66. The minimum Gasteiger partial charge on any atom is -0.377 e. The summed E-state index contributed by atoms with van der Waals surface area (Å²) in [5.74, 6) is 0. The predicted octanol–water partition coefficient (Wildman–Crippen LogP) is 11.9. The van der Waals surface area contributed by atoms with Crippen LogP contribution in [0.1, 0.15) is 35.3 Å². The summed E-state index contributed by atoms with van der Waals surface area (Å²) < 4.78 is 5.71. The van der Waals surface area contributed by atoms with Crippen molar-refractivity contribution < 1.29 is 4.74 Å². The van der Waals surface area contributed by atoms with E-state index in [2.05, 4.69) is 156 Å². The van der Waals surface area contributed by atoms with Gasteiger partial charge in [-0.05, 0) is 83.3 Å². The number of H-pyrrole nitrogens is 2. The molecule has 7 aromatic rings. The monoisotopic (exact) mass is 672 g/mol. The zero-order valence-corrected chi connectivity index (χ0v) is 28.8. The molecule has 0 saturated heterocycles. The third-order valence-corrected chi connectivity index (χ3v) is 9.66. The Labute approximate surface area is 302 Å². The minimum absolute atomic E-state index is 0.582. The fourth-order valence-electron chi connectivity index (χ4n) is 7.22. The van der Waals surface area contributed by atoms with Gasteiger partial charge in [0.15, 0.2) is 0 Å². The molecule has 5 heterocycles. The first-order valence-corrected chi connectivity index (χ1v) is 17.7. The van der Waals surface area contributed by atoms with E-state index in [1.165, 1.54) is 0 Å². The lowest BCUT2D eigenvalue weighted by Gasteiger charge is -2.08. The first-order valence-electron chi connectivity index (χ1n) is 17.7. The quantitative estimate of drug-likeness (QED) is 0.177. The van der Waals surface area contributed by atoms with Crippen LogP contribution < -0.4 is 0 Å². The maximum Gasteiger partial charge on any atom is 0.0737 e. The Morgan fingerprint density at radius 1 is 0.404 bits per heavy atom. The summed E-state index contributed by atoms with van der Waals surface area (Å²) >= 11 is 0. The van der Waals surface area contributed by atoms with Gasteiger partial charge in [0.25, 0.3) is 0 Å². The molecule has 8 bridgehead atoms. The van der Waals surface area contributed by atoms with Gasteiger partial charge in [0.2, 0.25) is 0 Å². The fourth-order valence-corrected chi connectivity index (χ4v) is 7.22. The molecule has 2 aliphatic rings. The number of rotatable bonds is 7. The second-order valence-corrected chi connectivity index (χ2v) is 12.9. The van der Waals surface area contributed by atoms with Crippen LogP contribution in [0.4, 0.5) is 0 Å². The first-order chi connectivity index (χ1) is 25.7. The van der Waals surface area contributed by atoms with Crippen LogP contribution in [-0.2, 0) is 11.3 Å². The van der Waals surface area contributed by atoms with Crippen LogP contribution in [0.5, 0.6) is 0 Å². The summed E-state index contributed by atoms with van der Waals surface area (Å²) in [6.45, 7) is 3.28. The van der Waals surface area contributed by atoms with Gasteiger partial charge in [0.1, 0.15) is 0 Å². The molecular weight excluding hydrogens is 637 g/mol. The van der Waals surface area contributed by atoms with Crippen LogP contribution in [0.3, 0.4) is 0 Å². The Morgan fingerprint density at radius 2 is 0.731 bits per heavy atom. The number of nitrogens with zero attached hydrogens (tertiary/aromatic N) is 2. The zero-order valence-electron chi connectivity index (χ0n) is 28.8. The van der Waals surface area contributed by atoms with Crippen LogP contribution >= 0.6 is 0 Å². The second kappa shape index (κ2) is 13.6. The van der Waals surface area contributed by atoms with Gasteiger partial charge in [-0.2, -0.15) is 0 Å². The topological polar surface area (TPSA) is 66.6 Å². The smallest absolute Gasteiger partial charge is 0.0737 e. The molecule has 0 aliphatic carbocycles. The highest BCUT2D eigenvalue weighted by Crippen LogP contribution is 2.38. The van der Waals surface area contributed by atoms with E-state index in [1.807, 2.05) is 25.1 Å². The first kappa shape index (κ1) is 31.4. The Hall–Kier alpha value is -6.56.